The monoisotopic (exact) mass is 314 g/mol. The van der Waals surface area contributed by atoms with Gasteiger partial charge >= 0.3 is 0 Å². The van der Waals surface area contributed by atoms with E-state index in [1.54, 1.807) is 38.1 Å². The van der Waals surface area contributed by atoms with Gasteiger partial charge in [0.1, 0.15) is 5.60 Å². The summed E-state index contributed by atoms with van der Waals surface area (Å²) >= 11 is 0. The van der Waals surface area contributed by atoms with E-state index in [1.165, 1.54) is 0 Å². The Labute approximate surface area is 125 Å². The van der Waals surface area contributed by atoms with E-state index >= 15 is 0 Å². The Balaban J connectivity index is 1.99. The van der Waals surface area contributed by atoms with E-state index in [9.17, 15) is 13.5 Å². The molecule has 0 aliphatic carbocycles. The van der Waals surface area contributed by atoms with Gasteiger partial charge in [0.05, 0.1) is 11.5 Å². The van der Waals surface area contributed by atoms with Crippen molar-refractivity contribution in [2.75, 3.05) is 25.1 Å². The highest BCUT2D eigenvalue weighted by atomic mass is 32.2. The number of benzene rings is 1. The number of nitrogens with one attached hydrogen (secondary N) is 2. The Morgan fingerprint density at radius 3 is 2.52 bits per heavy atom. The molecule has 1 heterocycles. The molecule has 0 saturated carbocycles. The molecule has 1 aromatic carbocycles. The van der Waals surface area contributed by atoms with Crippen LogP contribution in [0.5, 0.6) is 0 Å². The highest BCUT2D eigenvalue weighted by molar-refractivity contribution is 7.89. The zero-order valence-corrected chi connectivity index (χ0v) is 13.1. The van der Waals surface area contributed by atoms with Crippen LogP contribution >= 0.6 is 0 Å². The van der Waals surface area contributed by atoms with Crippen molar-refractivity contribution >= 4 is 15.7 Å². The molecule has 1 aliphatic heterocycles. The van der Waals surface area contributed by atoms with Crippen LogP contribution in [0.4, 0.5) is 5.69 Å². The molecule has 1 fully saturated rings. The predicted molar refractivity (Wildman–Crippen MR) is 80.8 cm³/mol. The van der Waals surface area contributed by atoms with Gasteiger partial charge < -0.3 is 15.2 Å². The third-order valence-electron chi connectivity index (χ3n) is 3.26. The van der Waals surface area contributed by atoms with Crippen LogP contribution in [-0.4, -0.2) is 44.9 Å². The van der Waals surface area contributed by atoms with Gasteiger partial charge in [-0.15, -0.1) is 0 Å². The number of sulfonamides is 1. The van der Waals surface area contributed by atoms with Gasteiger partial charge in [-0.2, -0.15) is 0 Å². The maximum atomic E-state index is 12.0. The predicted octanol–water partition coefficient (Wildman–Crippen LogP) is 0.937. The van der Waals surface area contributed by atoms with Gasteiger partial charge in [-0.05, 0) is 38.1 Å². The van der Waals surface area contributed by atoms with Crippen LogP contribution in [0.15, 0.2) is 29.2 Å². The summed E-state index contributed by atoms with van der Waals surface area (Å²) in [6.07, 6.45) is 0.602. The third-order valence-corrected chi connectivity index (χ3v) is 4.93. The van der Waals surface area contributed by atoms with E-state index in [4.69, 9.17) is 4.74 Å². The molecule has 1 aromatic rings. The summed E-state index contributed by atoms with van der Waals surface area (Å²) in [7, 11) is -3.47. The molecule has 1 unspecified atom stereocenters. The van der Waals surface area contributed by atoms with Crippen LogP contribution in [0.25, 0.3) is 0 Å². The Morgan fingerprint density at radius 2 is 2.00 bits per heavy atom. The lowest BCUT2D eigenvalue weighted by molar-refractivity contribution is 0.0382. The minimum atomic E-state index is -3.47. The van der Waals surface area contributed by atoms with Gasteiger partial charge in [-0.25, -0.2) is 13.1 Å². The number of ether oxygens (including phenoxy) is 1. The lowest BCUT2D eigenvalue weighted by Crippen LogP contribution is -2.37. The highest BCUT2D eigenvalue weighted by Gasteiger charge is 2.31. The van der Waals surface area contributed by atoms with E-state index in [2.05, 4.69) is 10.0 Å². The van der Waals surface area contributed by atoms with Crippen LogP contribution in [0.1, 0.15) is 20.3 Å². The summed E-state index contributed by atoms with van der Waals surface area (Å²) < 4.78 is 31.7. The van der Waals surface area contributed by atoms with Crippen LogP contribution in [-0.2, 0) is 14.8 Å². The first-order valence-electron chi connectivity index (χ1n) is 6.97. The number of anilines is 1. The molecule has 3 N–H and O–H groups in total. The van der Waals surface area contributed by atoms with Gasteiger partial charge in [-0.3, -0.25) is 0 Å². The van der Waals surface area contributed by atoms with Crippen molar-refractivity contribution in [2.24, 2.45) is 0 Å². The molecule has 0 spiro atoms. The van der Waals surface area contributed by atoms with Gasteiger partial charge in [0, 0.05) is 31.3 Å². The van der Waals surface area contributed by atoms with Crippen molar-refractivity contribution in [3.8, 4) is 0 Å². The van der Waals surface area contributed by atoms with Crippen LogP contribution in [0, 0.1) is 0 Å². The van der Waals surface area contributed by atoms with Crippen LogP contribution in [0.2, 0.25) is 0 Å². The largest absolute Gasteiger partial charge is 0.386 e. The van der Waals surface area contributed by atoms with E-state index in [1.807, 2.05) is 0 Å². The molecule has 0 aromatic heterocycles. The minimum Gasteiger partial charge on any atom is -0.386 e. The summed E-state index contributed by atoms with van der Waals surface area (Å²) in [4.78, 5) is 0.227. The zero-order chi connectivity index (χ0) is 15.5. The summed E-state index contributed by atoms with van der Waals surface area (Å²) in [6, 6.07) is 6.32. The van der Waals surface area contributed by atoms with Crippen LogP contribution in [0.3, 0.4) is 0 Å². The first-order valence-corrected chi connectivity index (χ1v) is 8.45. The standard InChI is InChI=1S/C14H22N2O4S/c1-11(2)16-21(18,19)13-5-3-12(4-6-13)15-9-14(17)7-8-20-10-14/h3-6,11,15-17H,7-10H2,1-2H3. The maximum absolute atomic E-state index is 12.0. The van der Waals surface area contributed by atoms with E-state index in [0.717, 1.165) is 5.69 Å². The number of hydrogen-bond donors (Lipinski definition) is 3. The fourth-order valence-electron chi connectivity index (χ4n) is 2.13. The Bertz CT molecular complexity index is 563. The highest BCUT2D eigenvalue weighted by Crippen LogP contribution is 2.20. The van der Waals surface area contributed by atoms with Crippen molar-refractivity contribution in [2.45, 2.75) is 36.8 Å². The van der Waals surface area contributed by atoms with Crippen molar-refractivity contribution in [1.82, 2.24) is 4.72 Å². The molecule has 2 rings (SSSR count). The molecular formula is C14H22N2O4S. The number of rotatable bonds is 6. The Kier molecular flexibility index (Phi) is 4.88. The molecule has 0 amide bonds. The van der Waals surface area contributed by atoms with Gasteiger partial charge in [0.2, 0.25) is 10.0 Å². The molecule has 1 atom stereocenters. The van der Waals surface area contributed by atoms with Crippen molar-refractivity contribution < 1.29 is 18.3 Å². The smallest absolute Gasteiger partial charge is 0.240 e. The number of hydrogen-bond acceptors (Lipinski definition) is 5. The molecule has 6 nitrogen and oxygen atoms in total. The maximum Gasteiger partial charge on any atom is 0.240 e. The van der Waals surface area contributed by atoms with E-state index in [0.29, 0.717) is 26.2 Å². The topological polar surface area (TPSA) is 87.7 Å². The second kappa shape index (κ2) is 6.31. The van der Waals surface area contributed by atoms with Gasteiger partial charge in [0.25, 0.3) is 0 Å². The molecule has 0 bridgehead atoms. The third kappa shape index (κ3) is 4.41. The molecule has 118 valence electrons. The minimum absolute atomic E-state index is 0.149. The van der Waals surface area contributed by atoms with Crippen molar-refractivity contribution in [3.05, 3.63) is 24.3 Å². The second-order valence-corrected chi connectivity index (χ2v) is 7.39. The molecule has 7 heteroatoms. The SMILES string of the molecule is CC(C)NS(=O)(=O)c1ccc(NCC2(O)CCOC2)cc1. The van der Waals surface area contributed by atoms with E-state index < -0.39 is 15.6 Å². The normalized spacial score (nSPS) is 22.7. The van der Waals surface area contributed by atoms with Crippen LogP contribution < -0.4 is 10.0 Å². The fourth-order valence-corrected chi connectivity index (χ4v) is 3.38. The molecule has 1 saturated heterocycles. The Morgan fingerprint density at radius 1 is 1.33 bits per heavy atom. The molecule has 1 aliphatic rings. The lowest BCUT2D eigenvalue weighted by atomic mass is 10.0. The first-order chi connectivity index (χ1) is 9.81. The lowest BCUT2D eigenvalue weighted by Gasteiger charge is -2.21. The van der Waals surface area contributed by atoms with Crippen molar-refractivity contribution in [1.29, 1.82) is 0 Å². The average molecular weight is 314 g/mol. The summed E-state index contributed by atoms with van der Waals surface area (Å²) in [5.74, 6) is 0. The summed E-state index contributed by atoms with van der Waals surface area (Å²) in [6.45, 7) is 4.82. The van der Waals surface area contributed by atoms with Crippen molar-refractivity contribution in [3.63, 3.8) is 0 Å². The Hall–Kier alpha value is -1.15. The number of aliphatic hydroxyl groups is 1. The zero-order valence-electron chi connectivity index (χ0n) is 12.3. The molecule has 21 heavy (non-hydrogen) atoms. The molecule has 0 radical (unpaired) electrons. The van der Waals surface area contributed by atoms with E-state index in [-0.39, 0.29) is 10.9 Å². The first kappa shape index (κ1) is 16.2. The summed E-state index contributed by atoms with van der Waals surface area (Å²) in [5, 5.41) is 13.2. The van der Waals surface area contributed by atoms with Gasteiger partial charge in [-0.1, -0.05) is 0 Å². The fraction of sp³-hybridized carbons (Fsp3) is 0.571. The second-order valence-electron chi connectivity index (χ2n) is 5.68. The summed E-state index contributed by atoms with van der Waals surface area (Å²) in [5.41, 5.74) is -0.0805. The van der Waals surface area contributed by atoms with Gasteiger partial charge in [0.15, 0.2) is 0 Å². The quantitative estimate of drug-likeness (QED) is 0.727. The molecular weight excluding hydrogens is 292 g/mol. The average Bonchev–Trinajstić information content (AvgIpc) is 2.83.